The molecular formula is C13H22N4S. The average Bonchev–Trinajstić information content (AvgIpc) is 2.38. The van der Waals surface area contributed by atoms with Crippen LogP contribution >= 0.6 is 11.8 Å². The standard InChI is InChI=1S/C13H22N4S/c1-4-10-8-17(5-6-18-10)12-7-11(14)15-13(16-12)9(2)3/h7,9-10H,4-6,8H2,1-3H3,(H2,14,15,16). The quantitative estimate of drug-likeness (QED) is 0.911. The number of rotatable bonds is 3. The minimum absolute atomic E-state index is 0.313. The molecule has 1 aliphatic rings. The molecule has 18 heavy (non-hydrogen) atoms. The number of aromatic nitrogens is 2. The third kappa shape index (κ3) is 3.07. The van der Waals surface area contributed by atoms with E-state index in [-0.39, 0.29) is 0 Å². The molecule has 0 bridgehead atoms. The largest absolute Gasteiger partial charge is 0.384 e. The predicted molar refractivity (Wildman–Crippen MR) is 79.3 cm³/mol. The molecule has 0 saturated carbocycles. The maximum Gasteiger partial charge on any atom is 0.135 e. The molecule has 5 heteroatoms. The molecule has 1 saturated heterocycles. The number of nitrogen functional groups attached to an aromatic ring is 1. The van der Waals surface area contributed by atoms with Gasteiger partial charge in [0.25, 0.3) is 0 Å². The van der Waals surface area contributed by atoms with Crippen LogP contribution < -0.4 is 10.6 Å². The van der Waals surface area contributed by atoms with E-state index in [9.17, 15) is 0 Å². The molecule has 2 heterocycles. The summed E-state index contributed by atoms with van der Waals surface area (Å²) in [5.41, 5.74) is 5.89. The number of thioether (sulfide) groups is 1. The molecule has 1 unspecified atom stereocenters. The van der Waals surface area contributed by atoms with Gasteiger partial charge in [-0.15, -0.1) is 0 Å². The lowest BCUT2D eigenvalue weighted by Gasteiger charge is -2.33. The van der Waals surface area contributed by atoms with E-state index in [2.05, 4.69) is 47.4 Å². The second-order valence-electron chi connectivity index (χ2n) is 5.01. The average molecular weight is 266 g/mol. The predicted octanol–water partition coefficient (Wildman–Crippen LogP) is 2.51. The molecule has 1 aliphatic heterocycles. The van der Waals surface area contributed by atoms with Crippen LogP contribution in [0.4, 0.5) is 11.6 Å². The van der Waals surface area contributed by atoms with Crippen LogP contribution in [0.25, 0.3) is 0 Å². The highest BCUT2D eigenvalue weighted by Crippen LogP contribution is 2.26. The minimum atomic E-state index is 0.313. The molecule has 4 nitrogen and oxygen atoms in total. The third-order valence-electron chi connectivity index (χ3n) is 3.18. The maximum absolute atomic E-state index is 5.89. The highest BCUT2D eigenvalue weighted by molar-refractivity contribution is 8.00. The zero-order valence-corrected chi connectivity index (χ0v) is 12.2. The summed E-state index contributed by atoms with van der Waals surface area (Å²) in [4.78, 5) is 11.3. The second-order valence-corrected chi connectivity index (χ2v) is 6.42. The Hall–Kier alpha value is -0.970. The Morgan fingerprint density at radius 1 is 1.50 bits per heavy atom. The summed E-state index contributed by atoms with van der Waals surface area (Å²) < 4.78 is 0. The van der Waals surface area contributed by atoms with E-state index in [1.165, 1.54) is 12.2 Å². The monoisotopic (exact) mass is 266 g/mol. The normalized spacial score (nSPS) is 20.4. The van der Waals surface area contributed by atoms with E-state index in [4.69, 9.17) is 5.73 Å². The van der Waals surface area contributed by atoms with E-state index < -0.39 is 0 Å². The van der Waals surface area contributed by atoms with E-state index in [1.807, 2.05) is 6.07 Å². The fraction of sp³-hybridized carbons (Fsp3) is 0.692. The fourth-order valence-corrected chi connectivity index (χ4v) is 3.25. The fourth-order valence-electron chi connectivity index (χ4n) is 2.07. The Balaban J connectivity index is 2.21. The van der Waals surface area contributed by atoms with Crippen LogP contribution in [0.1, 0.15) is 38.9 Å². The number of hydrogen-bond acceptors (Lipinski definition) is 5. The first kappa shape index (κ1) is 13.5. The van der Waals surface area contributed by atoms with Crippen LogP contribution in [0.3, 0.4) is 0 Å². The zero-order valence-electron chi connectivity index (χ0n) is 11.4. The molecule has 1 aromatic rings. The van der Waals surface area contributed by atoms with Gasteiger partial charge >= 0.3 is 0 Å². The van der Waals surface area contributed by atoms with Crippen LogP contribution in [0.2, 0.25) is 0 Å². The number of anilines is 2. The number of nitrogens with two attached hydrogens (primary N) is 1. The maximum atomic E-state index is 5.89. The van der Waals surface area contributed by atoms with Gasteiger partial charge in [-0.25, -0.2) is 9.97 Å². The van der Waals surface area contributed by atoms with Crippen LogP contribution in [-0.2, 0) is 0 Å². The van der Waals surface area contributed by atoms with Crippen molar-refractivity contribution >= 4 is 23.4 Å². The SMILES string of the molecule is CCC1CN(c2cc(N)nc(C(C)C)n2)CCS1. The van der Waals surface area contributed by atoms with Crippen molar-refractivity contribution in [1.29, 1.82) is 0 Å². The lowest BCUT2D eigenvalue weighted by molar-refractivity contribution is 0.706. The Bertz CT molecular complexity index is 408. The molecule has 100 valence electrons. The van der Waals surface area contributed by atoms with Gasteiger partial charge in [0.05, 0.1) is 0 Å². The second kappa shape index (κ2) is 5.78. The summed E-state index contributed by atoms with van der Waals surface area (Å²) in [5.74, 6) is 3.89. The van der Waals surface area contributed by atoms with E-state index in [0.717, 1.165) is 24.7 Å². The molecule has 2 N–H and O–H groups in total. The first-order chi connectivity index (χ1) is 8.60. The molecule has 2 rings (SSSR count). The molecular weight excluding hydrogens is 244 g/mol. The van der Waals surface area contributed by atoms with Crippen molar-refractivity contribution < 1.29 is 0 Å². The summed E-state index contributed by atoms with van der Waals surface area (Å²) in [6, 6.07) is 1.90. The van der Waals surface area contributed by atoms with Crippen molar-refractivity contribution in [1.82, 2.24) is 9.97 Å². The van der Waals surface area contributed by atoms with Gasteiger partial charge in [-0.05, 0) is 6.42 Å². The first-order valence-electron chi connectivity index (χ1n) is 6.61. The number of nitrogens with zero attached hydrogens (tertiary/aromatic N) is 3. The van der Waals surface area contributed by atoms with Gasteiger partial charge in [0.1, 0.15) is 17.5 Å². The highest BCUT2D eigenvalue weighted by atomic mass is 32.2. The van der Waals surface area contributed by atoms with Crippen LogP contribution in [0.15, 0.2) is 6.07 Å². The summed E-state index contributed by atoms with van der Waals surface area (Å²) in [5, 5.41) is 0.706. The third-order valence-corrected chi connectivity index (χ3v) is 4.56. The zero-order chi connectivity index (χ0) is 13.1. The first-order valence-corrected chi connectivity index (χ1v) is 7.66. The van der Waals surface area contributed by atoms with Gasteiger partial charge in [-0.3, -0.25) is 0 Å². The molecule has 1 aromatic heterocycles. The van der Waals surface area contributed by atoms with Crippen molar-refractivity contribution in [2.75, 3.05) is 29.5 Å². The van der Waals surface area contributed by atoms with Gasteiger partial charge in [-0.2, -0.15) is 11.8 Å². The van der Waals surface area contributed by atoms with Gasteiger partial charge in [0, 0.05) is 36.1 Å². The van der Waals surface area contributed by atoms with E-state index >= 15 is 0 Å². The van der Waals surface area contributed by atoms with Gasteiger partial charge in [0.15, 0.2) is 0 Å². The van der Waals surface area contributed by atoms with Gasteiger partial charge < -0.3 is 10.6 Å². The van der Waals surface area contributed by atoms with Crippen molar-refractivity contribution in [2.24, 2.45) is 0 Å². The van der Waals surface area contributed by atoms with Gasteiger partial charge in [-0.1, -0.05) is 20.8 Å². The number of hydrogen-bond donors (Lipinski definition) is 1. The molecule has 0 aromatic carbocycles. The Labute approximate surface area is 113 Å². The van der Waals surface area contributed by atoms with E-state index in [0.29, 0.717) is 17.0 Å². The smallest absolute Gasteiger partial charge is 0.135 e. The van der Waals surface area contributed by atoms with Crippen molar-refractivity contribution in [2.45, 2.75) is 38.4 Å². The van der Waals surface area contributed by atoms with Crippen molar-refractivity contribution in [3.63, 3.8) is 0 Å². The van der Waals surface area contributed by atoms with Crippen molar-refractivity contribution in [3.05, 3.63) is 11.9 Å². The Morgan fingerprint density at radius 2 is 2.28 bits per heavy atom. The molecule has 1 fully saturated rings. The minimum Gasteiger partial charge on any atom is -0.384 e. The lowest BCUT2D eigenvalue weighted by Crippen LogP contribution is -2.38. The van der Waals surface area contributed by atoms with Crippen LogP contribution in [0, 0.1) is 0 Å². The Morgan fingerprint density at radius 3 is 2.94 bits per heavy atom. The molecule has 0 radical (unpaired) electrons. The van der Waals surface area contributed by atoms with E-state index in [1.54, 1.807) is 0 Å². The molecule has 1 atom stereocenters. The van der Waals surface area contributed by atoms with Crippen molar-refractivity contribution in [3.8, 4) is 0 Å². The highest BCUT2D eigenvalue weighted by Gasteiger charge is 2.21. The molecule has 0 spiro atoms. The lowest BCUT2D eigenvalue weighted by atomic mass is 10.2. The van der Waals surface area contributed by atoms with Gasteiger partial charge in [0.2, 0.25) is 0 Å². The topological polar surface area (TPSA) is 55.0 Å². The Kier molecular flexibility index (Phi) is 4.32. The molecule has 0 amide bonds. The summed E-state index contributed by atoms with van der Waals surface area (Å²) in [6.07, 6.45) is 1.21. The summed E-state index contributed by atoms with van der Waals surface area (Å²) in [7, 11) is 0. The summed E-state index contributed by atoms with van der Waals surface area (Å²) >= 11 is 2.06. The summed E-state index contributed by atoms with van der Waals surface area (Å²) in [6.45, 7) is 8.55. The van der Waals surface area contributed by atoms with Crippen LogP contribution in [-0.4, -0.2) is 34.1 Å². The molecule has 0 aliphatic carbocycles. The van der Waals surface area contributed by atoms with Crippen LogP contribution in [0.5, 0.6) is 0 Å².